The largest absolute Gasteiger partial charge is 0.322 e. The highest BCUT2D eigenvalue weighted by molar-refractivity contribution is 6.06. The van der Waals surface area contributed by atoms with Gasteiger partial charge in [-0.3, -0.25) is 9.59 Å². The summed E-state index contributed by atoms with van der Waals surface area (Å²) in [4.78, 5) is 24.8. The molecule has 3 rings (SSSR count). The van der Waals surface area contributed by atoms with Crippen LogP contribution in [0.1, 0.15) is 47.1 Å². The zero-order valence-corrected chi connectivity index (χ0v) is 16.6. The van der Waals surface area contributed by atoms with E-state index in [1.807, 2.05) is 12.1 Å². The predicted octanol–water partition coefficient (Wildman–Crippen LogP) is 5.63. The summed E-state index contributed by atoms with van der Waals surface area (Å²) in [5.41, 5.74) is 2.65. The summed E-state index contributed by atoms with van der Waals surface area (Å²) in [7, 11) is 0. The summed E-state index contributed by atoms with van der Waals surface area (Å²) >= 11 is 0. The molecule has 0 fully saturated rings. The third-order valence-electron chi connectivity index (χ3n) is 4.51. The van der Waals surface area contributed by atoms with E-state index in [0.29, 0.717) is 16.9 Å². The number of halogens is 1. The molecular formula is C24H23FN2O2. The van der Waals surface area contributed by atoms with Crippen molar-refractivity contribution in [1.29, 1.82) is 0 Å². The van der Waals surface area contributed by atoms with Crippen LogP contribution in [0.3, 0.4) is 0 Å². The highest BCUT2D eigenvalue weighted by Crippen LogP contribution is 2.23. The third kappa shape index (κ3) is 5.08. The molecule has 0 aromatic heterocycles. The second kappa shape index (κ2) is 8.27. The number of hydrogen-bond acceptors (Lipinski definition) is 2. The van der Waals surface area contributed by atoms with Crippen molar-refractivity contribution in [3.05, 3.63) is 95.3 Å². The first-order chi connectivity index (χ1) is 13.7. The van der Waals surface area contributed by atoms with E-state index in [1.165, 1.54) is 18.2 Å². The maximum absolute atomic E-state index is 13.8. The number of anilines is 2. The average molecular weight is 390 g/mol. The lowest BCUT2D eigenvalue weighted by atomic mass is 9.87. The smallest absolute Gasteiger partial charge is 0.258 e. The lowest BCUT2D eigenvalue weighted by molar-refractivity contribution is 0.101. The minimum absolute atomic E-state index is 0.0137. The van der Waals surface area contributed by atoms with Gasteiger partial charge in [0, 0.05) is 16.9 Å². The van der Waals surface area contributed by atoms with Crippen LogP contribution >= 0.6 is 0 Å². The molecule has 0 atom stereocenters. The van der Waals surface area contributed by atoms with Crippen molar-refractivity contribution in [2.45, 2.75) is 26.2 Å². The van der Waals surface area contributed by atoms with Crippen molar-refractivity contribution in [3.63, 3.8) is 0 Å². The topological polar surface area (TPSA) is 58.2 Å². The first-order valence-electron chi connectivity index (χ1n) is 9.32. The summed E-state index contributed by atoms with van der Waals surface area (Å²) in [6.45, 7) is 6.34. The zero-order chi connectivity index (χ0) is 21.0. The maximum atomic E-state index is 13.8. The highest BCUT2D eigenvalue weighted by Gasteiger charge is 2.15. The summed E-state index contributed by atoms with van der Waals surface area (Å²) in [6, 6.07) is 20.0. The summed E-state index contributed by atoms with van der Waals surface area (Å²) < 4.78 is 13.8. The molecule has 4 nitrogen and oxygen atoms in total. The van der Waals surface area contributed by atoms with Crippen LogP contribution in [0.25, 0.3) is 0 Å². The lowest BCUT2D eigenvalue weighted by Crippen LogP contribution is -2.15. The average Bonchev–Trinajstić information content (AvgIpc) is 2.68. The van der Waals surface area contributed by atoms with Gasteiger partial charge in [-0.15, -0.1) is 0 Å². The van der Waals surface area contributed by atoms with Crippen LogP contribution in [0.4, 0.5) is 15.8 Å². The summed E-state index contributed by atoms with van der Waals surface area (Å²) in [6.07, 6.45) is 0. The van der Waals surface area contributed by atoms with E-state index < -0.39 is 11.7 Å². The van der Waals surface area contributed by atoms with Crippen molar-refractivity contribution in [2.24, 2.45) is 0 Å². The molecule has 0 bridgehead atoms. The second-order valence-electron chi connectivity index (χ2n) is 7.80. The minimum atomic E-state index is -0.590. The molecule has 3 aromatic rings. The molecular weight excluding hydrogens is 367 g/mol. The fraction of sp³-hybridized carbons (Fsp3) is 0.167. The normalized spacial score (nSPS) is 11.0. The van der Waals surface area contributed by atoms with Crippen LogP contribution < -0.4 is 10.6 Å². The molecule has 0 aliphatic carbocycles. The Kier molecular flexibility index (Phi) is 5.78. The molecule has 0 spiro atoms. The van der Waals surface area contributed by atoms with Gasteiger partial charge in [0.1, 0.15) is 5.82 Å². The Morgan fingerprint density at radius 2 is 1.34 bits per heavy atom. The van der Waals surface area contributed by atoms with Crippen LogP contribution in [0, 0.1) is 5.82 Å². The Labute approximate surface area is 169 Å². The van der Waals surface area contributed by atoms with E-state index in [9.17, 15) is 14.0 Å². The Balaban J connectivity index is 1.70. The molecule has 2 amide bonds. The van der Waals surface area contributed by atoms with E-state index in [0.717, 1.165) is 5.56 Å². The molecule has 0 unspecified atom stereocenters. The van der Waals surface area contributed by atoms with Gasteiger partial charge in [0.15, 0.2) is 0 Å². The van der Waals surface area contributed by atoms with Gasteiger partial charge >= 0.3 is 0 Å². The molecule has 0 aliphatic rings. The van der Waals surface area contributed by atoms with Crippen LogP contribution in [-0.2, 0) is 5.41 Å². The highest BCUT2D eigenvalue weighted by atomic mass is 19.1. The molecule has 0 saturated heterocycles. The molecule has 0 radical (unpaired) electrons. The second-order valence-corrected chi connectivity index (χ2v) is 7.80. The van der Waals surface area contributed by atoms with E-state index in [4.69, 9.17) is 0 Å². The first-order valence-corrected chi connectivity index (χ1v) is 9.32. The monoisotopic (exact) mass is 390 g/mol. The molecule has 5 heteroatoms. The molecule has 0 heterocycles. The molecule has 148 valence electrons. The summed E-state index contributed by atoms with van der Waals surface area (Å²) in [5.74, 6) is -1.39. The van der Waals surface area contributed by atoms with Gasteiger partial charge in [-0.1, -0.05) is 51.1 Å². The quantitative estimate of drug-likeness (QED) is 0.607. The Bertz CT molecular complexity index is 1040. The van der Waals surface area contributed by atoms with Gasteiger partial charge in [-0.05, 0) is 53.4 Å². The molecule has 0 saturated carbocycles. The Morgan fingerprint density at radius 1 is 0.759 bits per heavy atom. The maximum Gasteiger partial charge on any atom is 0.258 e. The lowest BCUT2D eigenvalue weighted by Gasteiger charge is -2.19. The van der Waals surface area contributed by atoms with Crippen molar-refractivity contribution in [2.75, 3.05) is 10.6 Å². The van der Waals surface area contributed by atoms with Gasteiger partial charge in [-0.25, -0.2) is 4.39 Å². The van der Waals surface area contributed by atoms with Crippen LogP contribution in [0.2, 0.25) is 0 Å². The van der Waals surface area contributed by atoms with E-state index in [2.05, 4.69) is 31.4 Å². The third-order valence-corrected chi connectivity index (χ3v) is 4.51. The van der Waals surface area contributed by atoms with Crippen LogP contribution in [0.5, 0.6) is 0 Å². The SMILES string of the molecule is CC(C)(C)c1ccc(C(=O)Nc2cccc(NC(=O)c3ccccc3F)c2)cc1. The minimum Gasteiger partial charge on any atom is -0.322 e. The van der Waals surface area contributed by atoms with E-state index >= 15 is 0 Å². The first kappa shape index (κ1) is 20.3. The van der Waals surface area contributed by atoms with Crippen LogP contribution in [0.15, 0.2) is 72.8 Å². The fourth-order valence-corrected chi connectivity index (χ4v) is 2.84. The number of amides is 2. The van der Waals surface area contributed by atoms with Crippen molar-refractivity contribution < 1.29 is 14.0 Å². The number of carbonyl (C=O) groups is 2. The zero-order valence-electron chi connectivity index (χ0n) is 16.6. The van der Waals surface area contributed by atoms with Crippen LogP contribution in [-0.4, -0.2) is 11.8 Å². The van der Waals surface area contributed by atoms with Gasteiger partial charge in [-0.2, -0.15) is 0 Å². The van der Waals surface area contributed by atoms with Crippen molar-refractivity contribution >= 4 is 23.2 Å². The van der Waals surface area contributed by atoms with Crippen molar-refractivity contribution in [3.8, 4) is 0 Å². The Hall–Kier alpha value is -3.47. The predicted molar refractivity (Wildman–Crippen MR) is 114 cm³/mol. The van der Waals surface area contributed by atoms with E-state index in [-0.39, 0.29) is 16.9 Å². The summed E-state index contributed by atoms with van der Waals surface area (Å²) in [5, 5.41) is 5.46. The Morgan fingerprint density at radius 3 is 1.93 bits per heavy atom. The number of benzene rings is 3. The molecule has 2 N–H and O–H groups in total. The number of carbonyl (C=O) groups excluding carboxylic acids is 2. The molecule has 29 heavy (non-hydrogen) atoms. The standard InChI is InChI=1S/C24H23FN2O2/c1-24(2,3)17-13-11-16(12-14-17)22(28)26-18-7-6-8-19(15-18)27-23(29)20-9-4-5-10-21(20)25/h4-15H,1-3H3,(H,26,28)(H,27,29). The molecule has 3 aromatic carbocycles. The van der Waals surface area contributed by atoms with Gasteiger partial charge in [0.2, 0.25) is 0 Å². The number of nitrogens with one attached hydrogen (secondary N) is 2. The van der Waals surface area contributed by atoms with Gasteiger partial charge in [0.05, 0.1) is 5.56 Å². The fourth-order valence-electron chi connectivity index (χ4n) is 2.84. The van der Waals surface area contributed by atoms with Gasteiger partial charge < -0.3 is 10.6 Å². The van der Waals surface area contributed by atoms with E-state index in [1.54, 1.807) is 42.5 Å². The molecule has 0 aliphatic heterocycles. The van der Waals surface area contributed by atoms with Gasteiger partial charge in [0.25, 0.3) is 11.8 Å². The number of hydrogen-bond donors (Lipinski definition) is 2. The van der Waals surface area contributed by atoms with Crippen molar-refractivity contribution in [1.82, 2.24) is 0 Å². The number of rotatable bonds is 4.